The Morgan fingerprint density at radius 2 is 1.82 bits per heavy atom. The van der Waals surface area contributed by atoms with Crippen LogP contribution in [0.5, 0.6) is 11.5 Å². The lowest BCUT2D eigenvalue weighted by molar-refractivity contribution is 0.0952. The van der Waals surface area contributed by atoms with Gasteiger partial charge in [-0.25, -0.2) is 9.78 Å². The molecule has 0 saturated heterocycles. The maximum absolute atomic E-state index is 13.3. The van der Waals surface area contributed by atoms with Crippen LogP contribution in [0.3, 0.4) is 0 Å². The van der Waals surface area contributed by atoms with Crippen molar-refractivity contribution in [1.29, 1.82) is 0 Å². The lowest BCUT2D eigenvalue weighted by Gasteiger charge is -2.15. The van der Waals surface area contributed by atoms with Crippen LogP contribution >= 0.6 is 0 Å². The number of methoxy groups -OCH3 is 2. The quantitative estimate of drug-likeness (QED) is 0.543. The number of H-pyrrole nitrogens is 1. The molecule has 33 heavy (non-hydrogen) atoms. The van der Waals surface area contributed by atoms with Crippen LogP contribution < -0.4 is 26.0 Å². The van der Waals surface area contributed by atoms with Crippen molar-refractivity contribution in [2.24, 2.45) is 5.92 Å². The number of hydrogen-bond donors (Lipinski definition) is 2. The molecule has 1 aliphatic carbocycles. The number of nitrogens with one attached hydrogen (secondary N) is 2. The molecule has 1 aromatic carbocycles. The zero-order chi connectivity index (χ0) is 23.7. The minimum absolute atomic E-state index is 0.125. The molecular weight excluding hydrogens is 424 g/mol. The highest BCUT2D eigenvalue weighted by atomic mass is 16.5. The van der Waals surface area contributed by atoms with Crippen molar-refractivity contribution in [3.8, 4) is 11.5 Å². The van der Waals surface area contributed by atoms with E-state index in [1.807, 2.05) is 13.8 Å². The largest absolute Gasteiger partial charge is 0.497 e. The van der Waals surface area contributed by atoms with Gasteiger partial charge < -0.3 is 14.8 Å². The smallest absolute Gasteiger partial charge is 0.330 e. The number of nitrogens with zero attached hydrogens (tertiary/aromatic N) is 2. The highest BCUT2D eigenvalue weighted by molar-refractivity contribution is 6.05. The number of fused-ring (bicyclic) bond motifs is 1. The van der Waals surface area contributed by atoms with Crippen molar-refractivity contribution >= 4 is 16.9 Å². The molecule has 2 N–H and O–H groups in total. The summed E-state index contributed by atoms with van der Waals surface area (Å²) < 4.78 is 12.0. The summed E-state index contributed by atoms with van der Waals surface area (Å²) in [4.78, 5) is 45.6. The van der Waals surface area contributed by atoms with E-state index in [1.54, 1.807) is 38.5 Å². The minimum Gasteiger partial charge on any atom is -0.497 e. The first-order chi connectivity index (χ1) is 15.8. The number of carbonyl (C=O) groups excluding carboxylic acids is 1. The molecule has 1 fully saturated rings. The summed E-state index contributed by atoms with van der Waals surface area (Å²) in [6.07, 6.45) is 1.95. The van der Waals surface area contributed by atoms with Crippen molar-refractivity contribution in [3.05, 3.63) is 61.9 Å². The Balaban J connectivity index is 1.76. The standard InChI is InChI=1S/C24H28N4O5/c1-13(2)12-28-21-20(23(30)27-24(28)31)18(10-19(26-21)15-5-6-15)22(29)25-11-14-7-16(32-3)9-17(8-14)33-4/h7-10,13,15H,5-6,11-12H2,1-4H3,(H,25,29)(H,27,30,31). The van der Waals surface area contributed by atoms with E-state index in [-0.39, 0.29) is 35.0 Å². The van der Waals surface area contributed by atoms with Gasteiger partial charge in [-0.05, 0) is 42.5 Å². The molecule has 0 atom stereocenters. The molecule has 1 aliphatic rings. The Morgan fingerprint density at radius 1 is 1.15 bits per heavy atom. The molecular formula is C24H28N4O5. The number of ether oxygens (including phenoxy) is 2. The van der Waals surface area contributed by atoms with E-state index >= 15 is 0 Å². The van der Waals surface area contributed by atoms with Crippen LogP contribution in [0, 0.1) is 5.92 Å². The molecule has 9 heteroatoms. The van der Waals surface area contributed by atoms with Crippen LogP contribution in [0.15, 0.2) is 33.9 Å². The van der Waals surface area contributed by atoms with Gasteiger partial charge >= 0.3 is 5.69 Å². The molecule has 174 valence electrons. The van der Waals surface area contributed by atoms with E-state index < -0.39 is 17.2 Å². The van der Waals surface area contributed by atoms with Crippen LogP contribution in [-0.2, 0) is 13.1 Å². The highest BCUT2D eigenvalue weighted by Crippen LogP contribution is 2.40. The van der Waals surface area contributed by atoms with Gasteiger partial charge in [0.05, 0.1) is 25.2 Å². The zero-order valence-corrected chi connectivity index (χ0v) is 19.2. The van der Waals surface area contributed by atoms with Gasteiger partial charge in [-0.15, -0.1) is 0 Å². The molecule has 0 unspecified atom stereocenters. The van der Waals surface area contributed by atoms with Gasteiger partial charge in [0, 0.05) is 30.8 Å². The number of rotatable bonds is 8. The van der Waals surface area contributed by atoms with Crippen molar-refractivity contribution < 1.29 is 14.3 Å². The molecule has 0 spiro atoms. The molecule has 0 radical (unpaired) electrons. The predicted molar refractivity (Wildman–Crippen MR) is 124 cm³/mol. The fourth-order valence-electron chi connectivity index (χ4n) is 3.84. The fraction of sp³-hybridized carbons (Fsp3) is 0.417. The van der Waals surface area contributed by atoms with Gasteiger partial charge in [-0.3, -0.25) is 19.1 Å². The Bertz CT molecular complexity index is 1300. The number of aromatic amines is 1. The van der Waals surface area contributed by atoms with E-state index in [9.17, 15) is 14.4 Å². The summed E-state index contributed by atoms with van der Waals surface area (Å²) >= 11 is 0. The first-order valence-electron chi connectivity index (χ1n) is 11.0. The molecule has 4 rings (SSSR count). The predicted octanol–water partition coefficient (Wildman–Crippen LogP) is 2.57. The normalized spacial score (nSPS) is 13.4. The molecule has 3 aromatic rings. The molecule has 1 amide bonds. The number of hydrogen-bond acceptors (Lipinski definition) is 6. The lowest BCUT2D eigenvalue weighted by Crippen LogP contribution is -2.34. The summed E-state index contributed by atoms with van der Waals surface area (Å²) in [5, 5.41) is 3.01. The van der Waals surface area contributed by atoms with Crippen molar-refractivity contribution in [2.45, 2.75) is 45.7 Å². The van der Waals surface area contributed by atoms with Crippen LogP contribution in [0.1, 0.15) is 54.2 Å². The Labute approximate surface area is 190 Å². The topological polar surface area (TPSA) is 115 Å². The van der Waals surface area contributed by atoms with Crippen LogP contribution in [0.4, 0.5) is 0 Å². The van der Waals surface area contributed by atoms with Crippen molar-refractivity contribution in [1.82, 2.24) is 19.9 Å². The monoisotopic (exact) mass is 452 g/mol. The summed E-state index contributed by atoms with van der Waals surface area (Å²) in [5.74, 6) is 1.21. The third-order valence-electron chi connectivity index (χ3n) is 5.62. The Hall–Kier alpha value is -3.62. The summed E-state index contributed by atoms with van der Waals surface area (Å²) in [6, 6.07) is 7.03. The van der Waals surface area contributed by atoms with Crippen LogP contribution in [-0.4, -0.2) is 34.7 Å². The fourth-order valence-corrected chi connectivity index (χ4v) is 3.84. The van der Waals surface area contributed by atoms with Crippen molar-refractivity contribution in [3.63, 3.8) is 0 Å². The molecule has 0 bridgehead atoms. The summed E-state index contributed by atoms with van der Waals surface area (Å²) in [7, 11) is 3.12. The number of aromatic nitrogens is 3. The van der Waals surface area contributed by atoms with Gasteiger partial charge in [-0.1, -0.05) is 13.8 Å². The second-order valence-electron chi connectivity index (χ2n) is 8.73. The van der Waals surface area contributed by atoms with Gasteiger partial charge in [0.2, 0.25) is 0 Å². The summed E-state index contributed by atoms with van der Waals surface area (Å²) in [5.41, 5.74) is 0.865. The highest BCUT2D eigenvalue weighted by Gasteiger charge is 2.28. The lowest BCUT2D eigenvalue weighted by atomic mass is 10.1. The molecule has 1 saturated carbocycles. The van der Waals surface area contributed by atoms with E-state index in [2.05, 4.69) is 15.3 Å². The Morgan fingerprint density at radius 3 is 2.39 bits per heavy atom. The van der Waals surface area contributed by atoms with Gasteiger partial charge in [-0.2, -0.15) is 0 Å². The maximum atomic E-state index is 13.3. The summed E-state index contributed by atoms with van der Waals surface area (Å²) in [6.45, 7) is 4.55. The molecule has 9 nitrogen and oxygen atoms in total. The molecule has 2 heterocycles. The average molecular weight is 453 g/mol. The number of carbonyl (C=O) groups is 1. The van der Waals surface area contributed by atoms with E-state index in [1.165, 1.54) is 4.57 Å². The zero-order valence-electron chi connectivity index (χ0n) is 19.2. The van der Waals surface area contributed by atoms with Gasteiger partial charge in [0.15, 0.2) is 5.65 Å². The second kappa shape index (κ2) is 9.09. The van der Waals surface area contributed by atoms with E-state index in [0.717, 1.165) is 24.1 Å². The van der Waals surface area contributed by atoms with E-state index in [4.69, 9.17) is 9.47 Å². The minimum atomic E-state index is -0.613. The third kappa shape index (κ3) is 4.76. The molecule has 2 aromatic heterocycles. The first kappa shape index (κ1) is 22.6. The Kier molecular flexibility index (Phi) is 6.22. The second-order valence-corrected chi connectivity index (χ2v) is 8.73. The van der Waals surface area contributed by atoms with Crippen LogP contribution in [0.2, 0.25) is 0 Å². The van der Waals surface area contributed by atoms with Gasteiger partial charge in [0.1, 0.15) is 11.5 Å². The molecule has 0 aliphatic heterocycles. The van der Waals surface area contributed by atoms with E-state index in [0.29, 0.717) is 18.0 Å². The average Bonchev–Trinajstić information content (AvgIpc) is 3.64. The first-order valence-corrected chi connectivity index (χ1v) is 11.0. The van der Waals surface area contributed by atoms with Crippen LogP contribution in [0.25, 0.3) is 11.0 Å². The maximum Gasteiger partial charge on any atom is 0.330 e. The SMILES string of the molecule is COc1cc(CNC(=O)c2cc(C3CC3)nc3c2c(=O)[nH]c(=O)n3CC(C)C)cc(OC)c1. The van der Waals surface area contributed by atoms with Gasteiger partial charge in [0.25, 0.3) is 11.5 Å². The number of amides is 1. The van der Waals surface area contributed by atoms with Crippen molar-refractivity contribution in [2.75, 3.05) is 14.2 Å². The third-order valence-corrected chi connectivity index (χ3v) is 5.62. The number of benzene rings is 1. The number of pyridine rings is 1.